The van der Waals surface area contributed by atoms with Crippen LogP contribution in [-0.2, 0) is 13.1 Å². The van der Waals surface area contributed by atoms with E-state index in [0.29, 0.717) is 6.04 Å². The van der Waals surface area contributed by atoms with E-state index < -0.39 is 0 Å². The van der Waals surface area contributed by atoms with Crippen LogP contribution in [0.1, 0.15) is 37.8 Å². The van der Waals surface area contributed by atoms with E-state index in [1.807, 2.05) is 0 Å². The third kappa shape index (κ3) is 5.33. The fourth-order valence-corrected chi connectivity index (χ4v) is 3.81. The van der Waals surface area contributed by atoms with Gasteiger partial charge in [-0.1, -0.05) is 42.5 Å². The van der Waals surface area contributed by atoms with Gasteiger partial charge in [-0.3, -0.25) is 4.90 Å². The minimum Gasteiger partial charge on any atom is -0.372 e. The number of piperidine rings is 1. The van der Waals surface area contributed by atoms with Gasteiger partial charge in [0, 0.05) is 37.9 Å². The molecule has 3 rings (SSSR count). The van der Waals surface area contributed by atoms with E-state index in [-0.39, 0.29) is 0 Å². The zero-order valence-corrected chi connectivity index (χ0v) is 16.3. The monoisotopic (exact) mass is 351 g/mol. The first-order valence-corrected chi connectivity index (χ1v) is 10.1. The van der Waals surface area contributed by atoms with Gasteiger partial charge >= 0.3 is 0 Å². The Morgan fingerprint density at radius 2 is 1.54 bits per heavy atom. The molecule has 0 atom stereocenters. The Morgan fingerprint density at radius 1 is 0.885 bits per heavy atom. The Balaban J connectivity index is 1.41. The second-order valence-electron chi connectivity index (χ2n) is 7.26. The molecule has 0 bridgehead atoms. The van der Waals surface area contributed by atoms with Gasteiger partial charge in [-0.15, -0.1) is 0 Å². The van der Waals surface area contributed by atoms with Crippen molar-refractivity contribution in [1.82, 2.24) is 10.2 Å². The highest BCUT2D eigenvalue weighted by Gasteiger charge is 2.18. The maximum absolute atomic E-state index is 3.76. The minimum absolute atomic E-state index is 0.643. The van der Waals surface area contributed by atoms with Crippen LogP contribution in [0.2, 0.25) is 0 Å². The number of anilines is 1. The van der Waals surface area contributed by atoms with E-state index in [1.54, 1.807) is 0 Å². The topological polar surface area (TPSA) is 18.5 Å². The highest BCUT2D eigenvalue weighted by molar-refractivity contribution is 5.47. The molecular weight excluding hydrogens is 318 g/mol. The lowest BCUT2D eigenvalue weighted by atomic mass is 10.0. The summed E-state index contributed by atoms with van der Waals surface area (Å²) >= 11 is 0. The number of benzene rings is 2. The lowest BCUT2D eigenvalue weighted by molar-refractivity contribution is 0.190. The van der Waals surface area contributed by atoms with Gasteiger partial charge in [0.25, 0.3) is 0 Å². The van der Waals surface area contributed by atoms with Crippen LogP contribution in [0.25, 0.3) is 0 Å². The lowest BCUT2D eigenvalue weighted by Crippen LogP contribution is -2.41. The normalized spacial score (nSPS) is 15.9. The molecular formula is C23H33N3. The third-order valence-corrected chi connectivity index (χ3v) is 5.50. The maximum Gasteiger partial charge on any atom is 0.0366 e. The zero-order valence-electron chi connectivity index (χ0n) is 16.3. The molecule has 1 N–H and O–H groups in total. The highest BCUT2D eigenvalue weighted by atomic mass is 15.1. The van der Waals surface area contributed by atoms with Crippen molar-refractivity contribution in [3.05, 3.63) is 65.7 Å². The van der Waals surface area contributed by atoms with E-state index in [0.717, 1.165) is 26.2 Å². The van der Waals surface area contributed by atoms with E-state index >= 15 is 0 Å². The molecule has 2 aromatic carbocycles. The number of hydrogen-bond acceptors (Lipinski definition) is 3. The summed E-state index contributed by atoms with van der Waals surface area (Å²) < 4.78 is 0. The van der Waals surface area contributed by atoms with Crippen LogP contribution in [-0.4, -0.2) is 37.1 Å². The molecule has 26 heavy (non-hydrogen) atoms. The van der Waals surface area contributed by atoms with Gasteiger partial charge in [0.05, 0.1) is 0 Å². The molecule has 0 spiro atoms. The summed E-state index contributed by atoms with van der Waals surface area (Å²) in [5.41, 5.74) is 4.13. The summed E-state index contributed by atoms with van der Waals surface area (Å²) in [6.07, 6.45) is 2.48. The van der Waals surface area contributed by atoms with Crippen molar-refractivity contribution < 1.29 is 0 Å². The quantitative estimate of drug-likeness (QED) is 0.765. The fraction of sp³-hybridized carbons (Fsp3) is 0.478. The predicted molar refractivity (Wildman–Crippen MR) is 112 cm³/mol. The molecule has 0 aliphatic carbocycles. The molecule has 0 amide bonds. The van der Waals surface area contributed by atoms with Gasteiger partial charge < -0.3 is 10.2 Å². The van der Waals surface area contributed by atoms with Crippen molar-refractivity contribution in [2.75, 3.05) is 31.1 Å². The summed E-state index contributed by atoms with van der Waals surface area (Å²) in [6.45, 7) is 11.0. The second-order valence-corrected chi connectivity index (χ2v) is 7.26. The molecule has 0 aromatic heterocycles. The van der Waals surface area contributed by atoms with Crippen molar-refractivity contribution in [2.45, 2.75) is 45.8 Å². The van der Waals surface area contributed by atoms with Crippen molar-refractivity contribution in [3.63, 3.8) is 0 Å². The van der Waals surface area contributed by atoms with E-state index in [2.05, 4.69) is 83.6 Å². The largest absolute Gasteiger partial charge is 0.372 e. The Bertz CT molecular complexity index is 626. The van der Waals surface area contributed by atoms with E-state index in [4.69, 9.17) is 0 Å². The Labute approximate surface area is 159 Å². The molecule has 0 unspecified atom stereocenters. The maximum atomic E-state index is 3.76. The van der Waals surface area contributed by atoms with Gasteiger partial charge in [-0.25, -0.2) is 0 Å². The van der Waals surface area contributed by atoms with Crippen LogP contribution in [0.4, 0.5) is 5.69 Å². The average molecular weight is 352 g/mol. The second kappa shape index (κ2) is 9.75. The van der Waals surface area contributed by atoms with E-state index in [9.17, 15) is 0 Å². The summed E-state index contributed by atoms with van der Waals surface area (Å²) in [5, 5.41) is 3.76. The van der Waals surface area contributed by atoms with E-state index in [1.165, 1.54) is 42.7 Å². The highest BCUT2D eigenvalue weighted by Crippen LogP contribution is 2.17. The molecule has 1 aliphatic heterocycles. The van der Waals surface area contributed by atoms with Crippen molar-refractivity contribution in [2.24, 2.45) is 0 Å². The van der Waals surface area contributed by atoms with Crippen LogP contribution < -0.4 is 10.2 Å². The SMILES string of the molecule is CCN(CC)c1ccc(CNC2CCN(Cc3ccccc3)CC2)cc1. The third-order valence-electron chi connectivity index (χ3n) is 5.50. The van der Waals surface area contributed by atoms with Gasteiger partial charge in [0.2, 0.25) is 0 Å². The zero-order chi connectivity index (χ0) is 18.2. The molecule has 140 valence electrons. The van der Waals surface area contributed by atoms with Gasteiger partial charge in [-0.05, 0) is 63.0 Å². The van der Waals surface area contributed by atoms with Crippen molar-refractivity contribution in [1.29, 1.82) is 0 Å². The summed E-state index contributed by atoms with van der Waals surface area (Å²) in [4.78, 5) is 4.96. The summed E-state index contributed by atoms with van der Waals surface area (Å²) in [6, 6.07) is 20.5. The summed E-state index contributed by atoms with van der Waals surface area (Å²) in [5.74, 6) is 0. The fourth-order valence-electron chi connectivity index (χ4n) is 3.81. The lowest BCUT2D eigenvalue weighted by Gasteiger charge is -2.32. The van der Waals surface area contributed by atoms with Crippen LogP contribution in [0.3, 0.4) is 0 Å². The van der Waals surface area contributed by atoms with Crippen LogP contribution in [0.5, 0.6) is 0 Å². The Morgan fingerprint density at radius 3 is 2.15 bits per heavy atom. The molecule has 0 saturated carbocycles. The first-order valence-electron chi connectivity index (χ1n) is 10.1. The molecule has 2 aromatic rings. The number of hydrogen-bond donors (Lipinski definition) is 1. The standard InChI is InChI=1S/C23H33N3/c1-3-26(4-2)23-12-10-20(11-13-23)18-24-22-14-16-25(17-15-22)19-21-8-6-5-7-9-21/h5-13,22,24H,3-4,14-19H2,1-2H3. The Hall–Kier alpha value is -1.84. The van der Waals surface area contributed by atoms with Crippen molar-refractivity contribution in [3.8, 4) is 0 Å². The molecule has 0 radical (unpaired) electrons. The molecule has 3 nitrogen and oxygen atoms in total. The van der Waals surface area contributed by atoms with Gasteiger partial charge in [0.15, 0.2) is 0 Å². The van der Waals surface area contributed by atoms with Crippen molar-refractivity contribution >= 4 is 5.69 Å². The molecule has 1 fully saturated rings. The summed E-state index contributed by atoms with van der Waals surface area (Å²) in [7, 11) is 0. The smallest absolute Gasteiger partial charge is 0.0366 e. The minimum atomic E-state index is 0.643. The molecule has 1 saturated heterocycles. The van der Waals surface area contributed by atoms with Crippen LogP contribution >= 0.6 is 0 Å². The number of nitrogens with one attached hydrogen (secondary N) is 1. The number of likely N-dealkylation sites (tertiary alicyclic amines) is 1. The predicted octanol–water partition coefficient (Wildman–Crippen LogP) is 4.29. The Kier molecular flexibility index (Phi) is 7.10. The first-order chi connectivity index (χ1) is 12.8. The van der Waals surface area contributed by atoms with Gasteiger partial charge in [0.1, 0.15) is 0 Å². The molecule has 1 aliphatic rings. The number of nitrogens with zero attached hydrogens (tertiary/aromatic N) is 2. The van der Waals surface area contributed by atoms with Gasteiger partial charge in [-0.2, -0.15) is 0 Å². The van der Waals surface area contributed by atoms with Crippen LogP contribution in [0, 0.1) is 0 Å². The average Bonchev–Trinajstić information content (AvgIpc) is 2.70. The first kappa shape index (κ1) is 18.9. The molecule has 3 heteroatoms. The van der Waals surface area contributed by atoms with Crippen LogP contribution in [0.15, 0.2) is 54.6 Å². The molecule has 1 heterocycles. The number of rotatable bonds is 8.